The van der Waals surface area contributed by atoms with E-state index in [1.807, 2.05) is 0 Å². The van der Waals surface area contributed by atoms with Crippen LogP contribution < -0.4 is 5.73 Å². The second-order valence-electron chi connectivity index (χ2n) is 5.33. The van der Waals surface area contributed by atoms with E-state index in [9.17, 15) is 35.1 Å². The molecule has 0 radical (unpaired) electrons. The third kappa shape index (κ3) is 3.69. The van der Waals surface area contributed by atoms with Crippen molar-refractivity contribution in [2.75, 3.05) is 5.73 Å². The maximum atomic E-state index is 13.3. The zero-order valence-electron chi connectivity index (χ0n) is 12.5. The summed E-state index contributed by atoms with van der Waals surface area (Å²) in [4.78, 5) is 0. The Hall–Kier alpha value is -2.33. The zero-order valence-corrected chi connectivity index (χ0v) is 12.5. The van der Waals surface area contributed by atoms with Crippen molar-refractivity contribution in [2.45, 2.75) is 31.7 Å². The average molecular weight is 373 g/mol. The molecular weight excluding hydrogens is 362 g/mol. The van der Waals surface area contributed by atoms with Crippen LogP contribution in [0, 0.1) is 6.92 Å². The average Bonchev–Trinajstić information content (AvgIpc) is 2.86. The Morgan fingerprint density at radius 2 is 1.60 bits per heavy atom. The largest absolute Gasteiger partial charge is 0.459 e. The van der Waals surface area contributed by atoms with Gasteiger partial charge in [0.1, 0.15) is 11.4 Å². The molecule has 1 aromatic heterocycles. The Morgan fingerprint density at radius 3 is 2.08 bits per heavy atom. The van der Waals surface area contributed by atoms with Gasteiger partial charge in [0.15, 0.2) is 0 Å². The number of hydrogen-bond acceptors (Lipinski definition) is 2. The van der Waals surface area contributed by atoms with Gasteiger partial charge in [-0.15, -0.1) is 0 Å². The molecule has 0 spiro atoms. The molecule has 2 rings (SSSR count). The predicted octanol–water partition coefficient (Wildman–Crippen LogP) is 4.49. The van der Waals surface area contributed by atoms with E-state index in [-0.39, 0.29) is 16.3 Å². The van der Waals surface area contributed by atoms with Crippen LogP contribution in [0.4, 0.5) is 40.8 Å². The van der Waals surface area contributed by atoms with Gasteiger partial charge in [-0.2, -0.15) is 40.2 Å². The molecule has 138 valence electrons. The van der Waals surface area contributed by atoms with E-state index in [1.165, 1.54) is 18.2 Å². The summed E-state index contributed by atoms with van der Waals surface area (Å²) in [5.74, 6) is -5.50. The van der Waals surface area contributed by atoms with Gasteiger partial charge in [0, 0.05) is 5.69 Å². The van der Waals surface area contributed by atoms with Crippen molar-refractivity contribution in [1.29, 1.82) is 0 Å². The molecule has 0 saturated heterocycles. The molecule has 0 aliphatic heterocycles. The minimum atomic E-state index is -6.06. The van der Waals surface area contributed by atoms with E-state index in [2.05, 4.69) is 5.10 Å². The van der Waals surface area contributed by atoms with Gasteiger partial charge in [0.25, 0.3) is 0 Å². The third-order valence-electron chi connectivity index (χ3n) is 3.41. The van der Waals surface area contributed by atoms with Gasteiger partial charge in [-0.3, -0.25) is 4.68 Å². The predicted molar refractivity (Wildman–Crippen MR) is 71.9 cm³/mol. The van der Waals surface area contributed by atoms with Gasteiger partial charge in [0.05, 0.1) is 6.54 Å². The second kappa shape index (κ2) is 5.88. The lowest BCUT2D eigenvalue weighted by Gasteiger charge is -2.16. The number of nitrogens with zero attached hydrogens (tertiary/aromatic N) is 2. The summed E-state index contributed by atoms with van der Waals surface area (Å²) < 4.78 is 103. The van der Waals surface area contributed by atoms with E-state index in [0.29, 0.717) is 11.3 Å². The maximum absolute atomic E-state index is 13.3. The molecule has 11 heteroatoms. The lowest BCUT2D eigenvalue weighted by atomic mass is 10.1. The zero-order chi connectivity index (χ0) is 19.2. The molecule has 1 heterocycles. The van der Waals surface area contributed by atoms with E-state index in [1.54, 1.807) is 6.92 Å². The molecule has 3 nitrogen and oxygen atoms in total. The number of nitrogens with two attached hydrogens (primary N) is 1. The molecule has 0 atom stereocenters. The normalized spacial score (nSPS) is 13.3. The van der Waals surface area contributed by atoms with Crippen molar-refractivity contribution in [3.8, 4) is 0 Å². The number of nitrogen functional groups attached to an aromatic ring is 1. The van der Waals surface area contributed by atoms with Crippen LogP contribution in [-0.2, 0) is 18.6 Å². The van der Waals surface area contributed by atoms with Crippen molar-refractivity contribution in [2.24, 2.45) is 0 Å². The molecule has 0 bridgehead atoms. The van der Waals surface area contributed by atoms with Gasteiger partial charge < -0.3 is 5.73 Å². The number of hydrogen-bond donors (Lipinski definition) is 1. The first kappa shape index (κ1) is 19.0. The van der Waals surface area contributed by atoms with Crippen LogP contribution in [0.25, 0.3) is 0 Å². The fourth-order valence-corrected chi connectivity index (χ4v) is 2.07. The molecule has 0 unspecified atom stereocenters. The highest BCUT2D eigenvalue weighted by molar-refractivity contribution is 5.47. The standard InChI is InChI=1S/C14H11F8N3/c1-7-4-8(2-3-9(7)23)6-25-11(13(17,18)19)5-10(24-25)12(15,16)14(20,21)22/h2-5H,6,23H2,1H3. The van der Waals surface area contributed by atoms with Crippen LogP contribution in [0.1, 0.15) is 22.5 Å². The fourth-order valence-electron chi connectivity index (χ4n) is 2.07. The van der Waals surface area contributed by atoms with E-state index in [0.717, 1.165) is 0 Å². The van der Waals surface area contributed by atoms with E-state index >= 15 is 0 Å². The molecule has 0 aliphatic carbocycles. The third-order valence-corrected chi connectivity index (χ3v) is 3.41. The van der Waals surface area contributed by atoms with Crippen LogP contribution >= 0.6 is 0 Å². The van der Waals surface area contributed by atoms with Crippen LogP contribution in [0.3, 0.4) is 0 Å². The lowest BCUT2D eigenvalue weighted by Crippen LogP contribution is -2.34. The van der Waals surface area contributed by atoms with E-state index < -0.39 is 36.2 Å². The minimum absolute atomic E-state index is 0.0694. The topological polar surface area (TPSA) is 43.8 Å². The van der Waals surface area contributed by atoms with Gasteiger partial charge in [-0.1, -0.05) is 12.1 Å². The van der Waals surface area contributed by atoms with Gasteiger partial charge in [-0.25, -0.2) is 0 Å². The Morgan fingerprint density at radius 1 is 1.00 bits per heavy atom. The minimum Gasteiger partial charge on any atom is -0.399 e. The summed E-state index contributed by atoms with van der Waals surface area (Å²) in [7, 11) is 0. The Bertz CT molecular complexity index is 773. The SMILES string of the molecule is Cc1cc(Cn2nc(C(F)(F)C(F)(F)F)cc2C(F)(F)F)ccc1N. The second-order valence-corrected chi connectivity index (χ2v) is 5.33. The van der Waals surface area contributed by atoms with Crippen molar-refractivity contribution < 1.29 is 35.1 Å². The first-order valence-corrected chi connectivity index (χ1v) is 6.68. The number of alkyl halides is 8. The van der Waals surface area contributed by atoms with Gasteiger partial charge >= 0.3 is 18.3 Å². The lowest BCUT2D eigenvalue weighted by molar-refractivity contribution is -0.291. The van der Waals surface area contributed by atoms with Gasteiger partial charge in [0.2, 0.25) is 0 Å². The summed E-state index contributed by atoms with van der Waals surface area (Å²) >= 11 is 0. The Labute approximate surface area is 136 Å². The van der Waals surface area contributed by atoms with Crippen molar-refractivity contribution in [1.82, 2.24) is 9.78 Å². The molecule has 0 aliphatic rings. The molecule has 1 aromatic carbocycles. The molecule has 0 saturated carbocycles. The van der Waals surface area contributed by atoms with Crippen molar-refractivity contribution >= 4 is 5.69 Å². The first-order chi connectivity index (χ1) is 11.2. The van der Waals surface area contributed by atoms with Crippen LogP contribution in [0.15, 0.2) is 24.3 Å². The monoisotopic (exact) mass is 373 g/mol. The fraction of sp³-hybridized carbons (Fsp3) is 0.357. The van der Waals surface area contributed by atoms with E-state index in [4.69, 9.17) is 5.73 Å². The van der Waals surface area contributed by atoms with Crippen LogP contribution in [-0.4, -0.2) is 16.0 Å². The van der Waals surface area contributed by atoms with Crippen molar-refractivity contribution in [3.63, 3.8) is 0 Å². The first-order valence-electron chi connectivity index (χ1n) is 6.68. The number of anilines is 1. The molecule has 0 amide bonds. The molecular formula is C14H11F8N3. The summed E-state index contributed by atoms with van der Waals surface area (Å²) in [6.45, 7) is 0.916. The van der Waals surface area contributed by atoms with Crippen LogP contribution in [0.2, 0.25) is 0 Å². The molecule has 2 N–H and O–H groups in total. The molecule has 0 fully saturated rings. The maximum Gasteiger partial charge on any atom is 0.459 e. The Balaban J connectivity index is 2.51. The summed E-state index contributed by atoms with van der Waals surface area (Å²) in [5, 5.41) is 2.86. The number of rotatable bonds is 3. The number of halogens is 8. The quantitative estimate of drug-likeness (QED) is 0.636. The van der Waals surface area contributed by atoms with Crippen LogP contribution in [0.5, 0.6) is 0 Å². The number of aromatic nitrogens is 2. The molecule has 25 heavy (non-hydrogen) atoms. The smallest absolute Gasteiger partial charge is 0.399 e. The summed E-state index contributed by atoms with van der Waals surface area (Å²) in [6.07, 6.45) is -11.2. The number of benzene rings is 1. The highest BCUT2D eigenvalue weighted by Gasteiger charge is 2.61. The Kier molecular flexibility index (Phi) is 4.47. The molecule has 2 aromatic rings. The van der Waals surface area contributed by atoms with Gasteiger partial charge in [-0.05, 0) is 30.2 Å². The highest BCUT2D eigenvalue weighted by atomic mass is 19.4. The van der Waals surface area contributed by atoms with Crippen molar-refractivity contribution in [3.05, 3.63) is 46.8 Å². The number of aryl methyl sites for hydroxylation is 1. The highest BCUT2D eigenvalue weighted by Crippen LogP contribution is 2.44. The summed E-state index contributed by atoms with van der Waals surface area (Å²) in [6, 6.07) is 3.80. The summed E-state index contributed by atoms with van der Waals surface area (Å²) in [5.41, 5.74) is 2.92.